The van der Waals surface area contributed by atoms with Crippen LogP contribution in [-0.4, -0.2) is 31.1 Å². The summed E-state index contributed by atoms with van der Waals surface area (Å²) in [5, 5.41) is 3.27. The zero-order valence-electron chi connectivity index (χ0n) is 11.7. The summed E-state index contributed by atoms with van der Waals surface area (Å²) in [6.07, 6.45) is 3.29. The van der Waals surface area contributed by atoms with Gasteiger partial charge in [0, 0.05) is 32.2 Å². The van der Waals surface area contributed by atoms with Crippen LogP contribution in [0.5, 0.6) is 0 Å². The SMILES string of the molecule is Cl.Fc1cc([C@@H](CC2CC2)N2CCNCC2)cc(F)c1F. The van der Waals surface area contributed by atoms with E-state index in [0.29, 0.717) is 11.5 Å². The molecule has 1 aromatic rings. The van der Waals surface area contributed by atoms with Crippen LogP contribution in [0.3, 0.4) is 0 Å². The third kappa shape index (κ3) is 3.90. The van der Waals surface area contributed by atoms with E-state index >= 15 is 0 Å². The molecule has 2 fully saturated rings. The van der Waals surface area contributed by atoms with Crippen molar-refractivity contribution in [3.63, 3.8) is 0 Å². The van der Waals surface area contributed by atoms with Gasteiger partial charge in [0.2, 0.25) is 0 Å². The van der Waals surface area contributed by atoms with E-state index in [0.717, 1.165) is 44.7 Å². The summed E-state index contributed by atoms with van der Waals surface area (Å²) in [7, 11) is 0. The molecule has 1 aliphatic carbocycles. The number of nitrogens with zero attached hydrogens (tertiary/aromatic N) is 1. The molecule has 6 heteroatoms. The minimum atomic E-state index is -1.38. The van der Waals surface area contributed by atoms with Crippen molar-refractivity contribution in [2.45, 2.75) is 25.3 Å². The molecule has 1 atom stereocenters. The lowest BCUT2D eigenvalue weighted by Crippen LogP contribution is -2.45. The van der Waals surface area contributed by atoms with Crippen molar-refractivity contribution in [2.75, 3.05) is 26.2 Å². The Bertz CT molecular complexity index is 465. The van der Waals surface area contributed by atoms with Crippen LogP contribution in [0.2, 0.25) is 0 Å². The first kappa shape index (κ1) is 16.6. The molecule has 0 amide bonds. The molecular formula is C15H20ClF3N2. The van der Waals surface area contributed by atoms with Gasteiger partial charge in [0.15, 0.2) is 17.5 Å². The number of benzene rings is 1. The summed E-state index contributed by atoms with van der Waals surface area (Å²) < 4.78 is 40.1. The smallest absolute Gasteiger partial charge is 0.194 e. The van der Waals surface area contributed by atoms with Crippen LogP contribution in [0.4, 0.5) is 13.2 Å². The second-order valence-corrected chi connectivity index (χ2v) is 5.78. The molecule has 0 unspecified atom stereocenters. The molecule has 118 valence electrons. The second-order valence-electron chi connectivity index (χ2n) is 5.78. The van der Waals surface area contributed by atoms with Crippen LogP contribution in [0.25, 0.3) is 0 Å². The number of rotatable bonds is 4. The highest BCUT2D eigenvalue weighted by Crippen LogP contribution is 2.40. The largest absolute Gasteiger partial charge is 0.314 e. The molecule has 1 heterocycles. The van der Waals surface area contributed by atoms with Crippen LogP contribution in [0.1, 0.15) is 30.9 Å². The highest BCUT2D eigenvalue weighted by molar-refractivity contribution is 5.85. The molecule has 0 radical (unpaired) electrons. The van der Waals surface area contributed by atoms with E-state index in [2.05, 4.69) is 10.2 Å². The lowest BCUT2D eigenvalue weighted by Gasteiger charge is -2.35. The zero-order valence-corrected chi connectivity index (χ0v) is 12.6. The summed E-state index contributed by atoms with van der Waals surface area (Å²) in [5.41, 5.74) is 0.565. The van der Waals surface area contributed by atoms with E-state index in [-0.39, 0.29) is 18.4 Å². The fraction of sp³-hybridized carbons (Fsp3) is 0.600. The summed E-state index contributed by atoms with van der Waals surface area (Å²) in [6, 6.07) is 2.32. The normalized spacial score (nSPS) is 20.9. The molecule has 0 aromatic heterocycles. The summed E-state index contributed by atoms with van der Waals surface area (Å²) in [6.45, 7) is 3.48. The molecule has 1 saturated heterocycles. The van der Waals surface area contributed by atoms with Gasteiger partial charge < -0.3 is 5.32 Å². The molecule has 1 aliphatic heterocycles. The molecule has 2 aliphatic rings. The molecule has 1 N–H and O–H groups in total. The van der Waals surface area contributed by atoms with Gasteiger partial charge in [-0.05, 0) is 30.0 Å². The Labute approximate surface area is 129 Å². The van der Waals surface area contributed by atoms with Gasteiger partial charge >= 0.3 is 0 Å². The van der Waals surface area contributed by atoms with Crippen LogP contribution in [0.15, 0.2) is 12.1 Å². The predicted octanol–water partition coefficient (Wildman–Crippen LogP) is 3.27. The van der Waals surface area contributed by atoms with Crippen LogP contribution in [0, 0.1) is 23.4 Å². The molecular weight excluding hydrogens is 301 g/mol. The Kier molecular flexibility index (Phi) is 5.52. The van der Waals surface area contributed by atoms with Crippen LogP contribution < -0.4 is 5.32 Å². The van der Waals surface area contributed by atoms with Crippen molar-refractivity contribution in [3.8, 4) is 0 Å². The van der Waals surface area contributed by atoms with Gasteiger partial charge in [0.1, 0.15) is 0 Å². The standard InChI is InChI=1S/C15H19F3N2.ClH/c16-12-8-11(9-13(17)15(12)18)14(7-10-1-2-10)20-5-3-19-4-6-20;/h8-10,14,19H,1-7H2;1H/t14-;/m1./s1. The Hall–Kier alpha value is -0.780. The summed E-state index contributed by atoms with van der Waals surface area (Å²) in [5.74, 6) is -2.91. The molecule has 1 aromatic carbocycles. The van der Waals surface area contributed by atoms with E-state index in [1.165, 1.54) is 12.8 Å². The van der Waals surface area contributed by atoms with Crippen molar-refractivity contribution in [1.82, 2.24) is 10.2 Å². The number of hydrogen-bond acceptors (Lipinski definition) is 2. The van der Waals surface area contributed by atoms with E-state index < -0.39 is 17.5 Å². The zero-order chi connectivity index (χ0) is 14.1. The highest BCUT2D eigenvalue weighted by atomic mass is 35.5. The highest BCUT2D eigenvalue weighted by Gasteiger charge is 2.31. The quantitative estimate of drug-likeness (QED) is 0.857. The van der Waals surface area contributed by atoms with Gasteiger partial charge in [0.05, 0.1) is 0 Å². The molecule has 1 saturated carbocycles. The Balaban J connectivity index is 0.00000161. The van der Waals surface area contributed by atoms with Gasteiger partial charge in [0.25, 0.3) is 0 Å². The first-order valence-corrected chi connectivity index (χ1v) is 7.24. The maximum Gasteiger partial charge on any atom is 0.194 e. The molecule has 3 rings (SSSR count). The van der Waals surface area contributed by atoms with Gasteiger partial charge in [-0.3, -0.25) is 4.90 Å². The van der Waals surface area contributed by atoms with Crippen molar-refractivity contribution in [2.24, 2.45) is 5.92 Å². The minimum Gasteiger partial charge on any atom is -0.314 e. The lowest BCUT2D eigenvalue weighted by molar-refractivity contribution is 0.159. The van der Waals surface area contributed by atoms with Crippen molar-refractivity contribution in [3.05, 3.63) is 35.1 Å². The Morgan fingerprint density at radius 2 is 1.67 bits per heavy atom. The number of nitrogens with one attached hydrogen (secondary N) is 1. The minimum absolute atomic E-state index is 0. The first-order chi connectivity index (χ1) is 9.65. The second kappa shape index (κ2) is 6.99. The van der Waals surface area contributed by atoms with E-state index in [1.54, 1.807) is 0 Å². The van der Waals surface area contributed by atoms with E-state index in [4.69, 9.17) is 0 Å². The Morgan fingerprint density at radius 3 is 2.19 bits per heavy atom. The van der Waals surface area contributed by atoms with Gasteiger partial charge in [-0.1, -0.05) is 12.8 Å². The fourth-order valence-electron chi connectivity index (χ4n) is 2.93. The van der Waals surface area contributed by atoms with Crippen molar-refractivity contribution >= 4 is 12.4 Å². The molecule has 2 nitrogen and oxygen atoms in total. The molecule has 21 heavy (non-hydrogen) atoms. The van der Waals surface area contributed by atoms with Crippen LogP contribution >= 0.6 is 12.4 Å². The number of halogens is 4. The van der Waals surface area contributed by atoms with Crippen molar-refractivity contribution < 1.29 is 13.2 Å². The third-order valence-electron chi connectivity index (χ3n) is 4.24. The maximum atomic E-state index is 13.5. The third-order valence-corrected chi connectivity index (χ3v) is 4.24. The van der Waals surface area contributed by atoms with E-state index in [1.807, 2.05) is 0 Å². The topological polar surface area (TPSA) is 15.3 Å². The predicted molar refractivity (Wildman–Crippen MR) is 78.1 cm³/mol. The molecule has 0 bridgehead atoms. The van der Waals surface area contributed by atoms with Gasteiger partial charge in [-0.15, -0.1) is 12.4 Å². The fourth-order valence-corrected chi connectivity index (χ4v) is 2.93. The van der Waals surface area contributed by atoms with Gasteiger partial charge in [-0.25, -0.2) is 13.2 Å². The number of hydrogen-bond donors (Lipinski definition) is 1. The lowest BCUT2D eigenvalue weighted by atomic mass is 9.98. The summed E-state index contributed by atoms with van der Waals surface area (Å²) in [4.78, 5) is 2.25. The first-order valence-electron chi connectivity index (χ1n) is 7.24. The monoisotopic (exact) mass is 320 g/mol. The average Bonchev–Trinajstić information content (AvgIpc) is 3.27. The van der Waals surface area contributed by atoms with E-state index in [9.17, 15) is 13.2 Å². The molecule has 0 spiro atoms. The maximum absolute atomic E-state index is 13.5. The number of piperazine rings is 1. The van der Waals surface area contributed by atoms with Crippen molar-refractivity contribution in [1.29, 1.82) is 0 Å². The average molecular weight is 321 g/mol. The van der Waals surface area contributed by atoms with Gasteiger partial charge in [-0.2, -0.15) is 0 Å². The summed E-state index contributed by atoms with van der Waals surface area (Å²) >= 11 is 0. The van der Waals surface area contributed by atoms with Crippen LogP contribution in [-0.2, 0) is 0 Å². The Morgan fingerprint density at radius 1 is 1.10 bits per heavy atom.